The van der Waals surface area contributed by atoms with E-state index in [2.05, 4.69) is 18.9 Å². The number of aliphatic hydroxyl groups is 1. The number of nitrogens with zero attached hydrogens (tertiary/aromatic N) is 1. The topological polar surface area (TPSA) is 41.9 Å². The summed E-state index contributed by atoms with van der Waals surface area (Å²) in [5.41, 5.74) is 0. The number of rotatable bonds is 8. The minimum absolute atomic E-state index is 0.0414. The summed E-state index contributed by atoms with van der Waals surface area (Å²) in [6, 6.07) is 0.620. The third-order valence-electron chi connectivity index (χ3n) is 4.01. The van der Waals surface area contributed by atoms with Crippen LogP contribution in [0.3, 0.4) is 0 Å². The van der Waals surface area contributed by atoms with Gasteiger partial charge in [0, 0.05) is 19.7 Å². The molecule has 114 valence electrons. The molecule has 4 heteroatoms. The van der Waals surface area contributed by atoms with Gasteiger partial charge in [0.1, 0.15) is 0 Å². The highest BCUT2D eigenvalue weighted by molar-refractivity contribution is 4.78. The van der Waals surface area contributed by atoms with Crippen LogP contribution in [-0.2, 0) is 9.47 Å². The Labute approximate surface area is 118 Å². The van der Waals surface area contributed by atoms with E-state index in [0.717, 1.165) is 5.92 Å². The van der Waals surface area contributed by atoms with Crippen molar-refractivity contribution in [2.75, 3.05) is 33.9 Å². The average Bonchev–Trinajstić information content (AvgIpc) is 2.36. The summed E-state index contributed by atoms with van der Waals surface area (Å²) in [7, 11) is 3.78. The number of hydrogen-bond acceptors (Lipinski definition) is 4. The molecular formula is C15H31NO3. The Morgan fingerprint density at radius 3 is 2.68 bits per heavy atom. The molecule has 0 aromatic carbocycles. The zero-order chi connectivity index (χ0) is 14.3. The second kappa shape index (κ2) is 8.90. The molecule has 1 N–H and O–H groups in total. The zero-order valence-electron chi connectivity index (χ0n) is 13.0. The molecule has 1 saturated carbocycles. The van der Waals surface area contributed by atoms with Gasteiger partial charge in [0.25, 0.3) is 0 Å². The van der Waals surface area contributed by atoms with Crippen LogP contribution in [0.25, 0.3) is 0 Å². The minimum Gasteiger partial charge on any atom is -0.389 e. The maximum atomic E-state index is 10.0. The van der Waals surface area contributed by atoms with Gasteiger partial charge in [0.15, 0.2) is 0 Å². The molecule has 0 aromatic rings. The maximum absolute atomic E-state index is 10.0. The van der Waals surface area contributed by atoms with E-state index in [0.29, 0.717) is 25.8 Å². The molecule has 0 amide bonds. The number of ether oxygens (including phenoxy) is 2. The molecule has 1 aliphatic carbocycles. The van der Waals surface area contributed by atoms with Crippen LogP contribution in [0.2, 0.25) is 0 Å². The van der Waals surface area contributed by atoms with Crippen molar-refractivity contribution >= 4 is 0 Å². The van der Waals surface area contributed by atoms with Gasteiger partial charge in [-0.15, -0.1) is 0 Å². The van der Waals surface area contributed by atoms with Crippen molar-refractivity contribution in [3.63, 3.8) is 0 Å². The lowest BCUT2D eigenvalue weighted by Crippen LogP contribution is -2.41. The van der Waals surface area contributed by atoms with Gasteiger partial charge >= 0.3 is 0 Å². The van der Waals surface area contributed by atoms with Crippen molar-refractivity contribution < 1.29 is 14.6 Å². The highest BCUT2D eigenvalue weighted by atomic mass is 16.5. The Hall–Kier alpha value is -0.160. The first kappa shape index (κ1) is 16.9. The molecule has 0 radical (unpaired) electrons. The second-order valence-electron chi connectivity index (χ2n) is 6.12. The fourth-order valence-corrected chi connectivity index (χ4v) is 2.89. The summed E-state index contributed by atoms with van der Waals surface area (Å²) in [4.78, 5) is 2.30. The summed E-state index contributed by atoms with van der Waals surface area (Å²) in [5.74, 6) is 0.816. The normalized spacial score (nSPS) is 27.5. The van der Waals surface area contributed by atoms with Gasteiger partial charge in [-0.2, -0.15) is 0 Å². The fraction of sp³-hybridized carbons (Fsp3) is 1.00. The fourth-order valence-electron chi connectivity index (χ4n) is 2.89. The van der Waals surface area contributed by atoms with Gasteiger partial charge in [-0.1, -0.05) is 19.8 Å². The van der Waals surface area contributed by atoms with E-state index >= 15 is 0 Å². The predicted octanol–water partition coefficient (Wildman–Crippen LogP) is 1.91. The molecule has 4 unspecified atom stereocenters. The van der Waals surface area contributed by atoms with Crippen LogP contribution in [0, 0.1) is 5.92 Å². The molecule has 1 rings (SSSR count). The highest BCUT2D eigenvalue weighted by Crippen LogP contribution is 2.26. The third kappa shape index (κ3) is 6.70. The average molecular weight is 273 g/mol. The first-order valence-corrected chi connectivity index (χ1v) is 7.51. The summed E-state index contributed by atoms with van der Waals surface area (Å²) < 4.78 is 10.6. The van der Waals surface area contributed by atoms with E-state index in [1.54, 1.807) is 7.11 Å². The molecule has 0 aliphatic heterocycles. The van der Waals surface area contributed by atoms with Crippen molar-refractivity contribution in [1.29, 1.82) is 0 Å². The Kier molecular flexibility index (Phi) is 7.91. The molecule has 0 saturated heterocycles. The Bertz CT molecular complexity index is 237. The van der Waals surface area contributed by atoms with E-state index in [1.165, 1.54) is 25.7 Å². The maximum Gasteiger partial charge on any atom is 0.0900 e. The quantitative estimate of drug-likeness (QED) is 0.733. The van der Waals surface area contributed by atoms with Crippen molar-refractivity contribution in [3.05, 3.63) is 0 Å². The van der Waals surface area contributed by atoms with Crippen LogP contribution >= 0.6 is 0 Å². The van der Waals surface area contributed by atoms with Gasteiger partial charge in [-0.3, -0.25) is 0 Å². The minimum atomic E-state index is -0.415. The van der Waals surface area contributed by atoms with Crippen molar-refractivity contribution in [1.82, 2.24) is 4.90 Å². The van der Waals surface area contributed by atoms with Crippen LogP contribution in [0.15, 0.2) is 0 Å². The molecule has 0 heterocycles. The zero-order valence-corrected chi connectivity index (χ0v) is 13.0. The van der Waals surface area contributed by atoms with Crippen molar-refractivity contribution in [2.24, 2.45) is 5.92 Å². The Morgan fingerprint density at radius 1 is 1.32 bits per heavy atom. The molecule has 4 nitrogen and oxygen atoms in total. The summed E-state index contributed by atoms with van der Waals surface area (Å²) >= 11 is 0. The van der Waals surface area contributed by atoms with Crippen LogP contribution in [0.5, 0.6) is 0 Å². The number of methoxy groups -OCH3 is 1. The van der Waals surface area contributed by atoms with Gasteiger partial charge in [0.05, 0.1) is 25.4 Å². The number of aliphatic hydroxyl groups excluding tert-OH is 1. The summed E-state index contributed by atoms with van der Waals surface area (Å²) in [5, 5.41) is 10.0. The summed E-state index contributed by atoms with van der Waals surface area (Å²) in [6.07, 6.45) is 4.80. The third-order valence-corrected chi connectivity index (χ3v) is 4.01. The molecule has 0 aromatic heterocycles. The van der Waals surface area contributed by atoms with E-state index in [4.69, 9.17) is 9.47 Å². The number of likely N-dealkylation sites (N-methyl/N-ethyl adjacent to an activating group) is 1. The van der Waals surface area contributed by atoms with E-state index in [1.807, 2.05) is 6.92 Å². The first-order valence-electron chi connectivity index (χ1n) is 7.51. The molecule has 0 spiro atoms. The predicted molar refractivity (Wildman–Crippen MR) is 77.3 cm³/mol. The molecule has 1 fully saturated rings. The molecule has 1 aliphatic rings. The molecule has 4 atom stereocenters. The summed E-state index contributed by atoms with van der Waals surface area (Å²) in [6.45, 7) is 5.94. The van der Waals surface area contributed by atoms with Crippen LogP contribution in [0.4, 0.5) is 0 Å². The lowest BCUT2D eigenvalue weighted by atomic mass is 9.86. The molecule has 19 heavy (non-hydrogen) atoms. The SMILES string of the molecule is COCC(C)OCC(O)CN(C)C1CCCC(C)C1. The van der Waals surface area contributed by atoms with Crippen LogP contribution in [-0.4, -0.2) is 62.2 Å². The lowest BCUT2D eigenvalue weighted by Gasteiger charge is -2.35. The monoisotopic (exact) mass is 273 g/mol. The van der Waals surface area contributed by atoms with Crippen molar-refractivity contribution in [2.45, 2.75) is 57.8 Å². The van der Waals surface area contributed by atoms with Crippen molar-refractivity contribution in [3.8, 4) is 0 Å². The molecular weight excluding hydrogens is 242 g/mol. The highest BCUT2D eigenvalue weighted by Gasteiger charge is 2.23. The molecule has 0 bridgehead atoms. The number of hydrogen-bond donors (Lipinski definition) is 1. The van der Waals surface area contributed by atoms with Gasteiger partial charge < -0.3 is 19.5 Å². The Balaban J connectivity index is 2.21. The first-order chi connectivity index (χ1) is 9.02. The van der Waals surface area contributed by atoms with Gasteiger partial charge in [0.2, 0.25) is 0 Å². The Morgan fingerprint density at radius 2 is 2.05 bits per heavy atom. The van der Waals surface area contributed by atoms with E-state index in [9.17, 15) is 5.11 Å². The largest absolute Gasteiger partial charge is 0.389 e. The lowest BCUT2D eigenvalue weighted by molar-refractivity contribution is -0.0421. The smallest absolute Gasteiger partial charge is 0.0900 e. The van der Waals surface area contributed by atoms with Gasteiger partial charge in [-0.05, 0) is 32.7 Å². The standard InChI is InChI=1S/C15H31NO3/c1-12-6-5-7-14(8-12)16(3)9-15(17)11-19-13(2)10-18-4/h12-15,17H,5-11H2,1-4H3. The van der Waals surface area contributed by atoms with E-state index < -0.39 is 6.10 Å². The van der Waals surface area contributed by atoms with Gasteiger partial charge in [-0.25, -0.2) is 0 Å². The second-order valence-corrected chi connectivity index (χ2v) is 6.12. The van der Waals surface area contributed by atoms with Crippen LogP contribution < -0.4 is 0 Å². The van der Waals surface area contributed by atoms with E-state index in [-0.39, 0.29) is 6.10 Å². The van der Waals surface area contributed by atoms with Crippen LogP contribution in [0.1, 0.15) is 39.5 Å².